The molecule has 0 amide bonds. The third kappa shape index (κ3) is 3.92. The molecule has 3 rings (SSSR count). The molecular formula is C19H16BrNO4S2. The van der Waals surface area contributed by atoms with E-state index in [9.17, 15) is 16.8 Å². The first kappa shape index (κ1) is 19.6. The number of anilines is 1. The molecule has 0 bridgehead atoms. The van der Waals surface area contributed by atoms with Gasteiger partial charge in [0.05, 0.1) is 15.5 Å². The van der Waals surface area contributed by atoms with Gasteiger partial charge < -0.3 is 0 Å². The Morgan fingerprint density at radius 2 is 1.11 bits per heavy atom. The molecule has 0 fully saturated rings. The van der Waals surface area contributed by atoms with Crippen LogP contribution in [0.1, 0.15) is 5.56 Å². The highest BCUT2D eigenvalue weighted by molar-refractivity contribution is 9.10. The summed E-state index contributed by atoms with van der Waals surface area (Å²) in [5.74, 6) is 0. The monoisotopic (exact) mass is 465 g/mol. The van der Waals surface area contributed by atoms with Crippen LogP contribution in [0, 0.1) is 6.92 Å². The third-order valence-electron chi connectivity index (χ3n) is 3.83. The predicted octanol–water partition coefficient (Wildman–Crippen LogP) is 4.34. The molecular weight excluding hydrogens is 450 g/mol. The smallest absolute Gasteiger partial charge is 0.200 e. The van der Waals surface area contributed by atoms with E-state index >= 15 is 0 Å². The van der Waals surface area contributed by atoms with Crippen LogP contribution in [0.25, 0.3) is 0 Å². The summed E-state index contributed by atoms with van der Waals surface area (Å²) in [7, 11) is -8.72. The molecule has 8 heteroatoms. The topological polar surface area (TPSA) is 71.5 Å². The Labute approximate surface area is 167 Å². The van der Waals surface area contributed by atoms with Gasteiger partial charge in [0.25, 0.3) is 20.0 Å². The molecule has 27 heavy (non-hydrogen) atoms. The highest BCUT2D eigenvalue weighted by Gasteiger charge is 2.36. The van der Waals surface area contributed by atoms with Crippen LogP contribution >= 0.6 is 15.9 Å². The molecule has 0 radical (unpaired) electrons. The number of sulfonamides is 2. The Kier molecular flexibility index (Phi) is 5.41. The molecule has 0 aliphatic heterocycles. The van der Waals surface area contributed by atoms with Crippen molar-refractivity contribution in [3.8, 4) is 0 Å². The van der Waals surface area contributed by atoms with Crippen LogP contribution in [0.15, 0.2) is 93.1 Å². The zero-order chi connectivity index (χ0) is 19.7. The first-order valence-electron chi connectivity index (χ1n) is 7.91. The fraction of sp³-hybridized carbons (Fsp3) is 0.0526. The van der Waals surface area contributed by atoms with Crippen molar-refractivity contribution >= 4 is 41.7 Å². The van der Waals surface area contributed by atoms with E-state index in [0.29, 0.717) is 8.18 Å². The van der Waals surface area contributed by atoms with Gasteiger partial charge in [0.1, 0.15) is 0 Å². The second-order valence-corrected chi connectivity index (χ2v) is 10.5. The van der Waals surface area contributed by atoms with Crippen LogP contribution in [0.4, 0.5) is 5.69 Å². The predicted molar refractivity (Wildman–Crippen MR) is 109 cm³/mol. The minimum atomic E-state index is -4.36. The van der Waals surface area contributed by atoms with Crippen LogP contribution in [0.2, 0.25) is 0 Å². The van der Waals surface area contributed by atoms with Crippen LogP contribution < -0.4 is 3.71 Å². The van der Waals surface area contributed by atoms with Crippen molar-refractivity contribution in [3.05, 3.63) is 88.9 Å². The molecule has 0 heterocycles. The van der Waals surface area contributed by atoms with Crippen molar-refractivity contribution < 1.29 is 16.8 Å². The number of hydrogen-bond donors (Lipinski definition) is 0. The van der Waals surface area contributed by atoms with Gasteiger partial charge in [-0.1, -0.05) is 51.8 Å². The van der Waals surface area contributed by atoms with Gasteiger partial charge >= 0.3 is 0 Å². The Morgan fingerprint density at radius 1 is 0.667 bits per heavy atom. The number of hydrogen-bond acceptors (Lipinski definition) is 4. The zero-order valence-electron chi connectivity index (χ0n) is 14.3. The van der Waals surface area contributed by atoms with E-state index in [2.05, 4.69) is 15.9 Å². The van der Waals surface area contributed by atoms with E-state index < -0.39 is 20.0 Å². The third-order valence-corrected chi connectivity index (χ3v) is 8.57. The van der Waals surface area contributed by atoms with Gasteiger partial charge in [-0.15, -0.1) is 0 Å². The summed E-state index contributed by atoms with van der Waals surface area (Å²) >= 11 is 3.25. The van der Waals surface area contributed by atoms with Gasteiger partial charge in [-0.25, -0.2) is 16.8 Å². The SMILES string of the molecule is Cc1ccc(S(=O)(=O)N(c2ccccc2)S(=O)(=O)c2ccc(Br)cc2)cc1. The van der Waals surface area contributed by atoms with Gasteiger partial charge in [0.2, 0.25) is 0 Å². The lowest BCUT2D eigenvalue weighted by Gasteiger charge is -2.24. The lowest BCUT2D eigenvalue weighted by Crippen LogP contribution is -2.37. The van der Waals surface area contributed by atoms with Crippen LogP contribution in [0.5, 0.6) is 0 Å². The molecule has 0 aliphatic rings. The van der Waals surface area contributed by atoms with E-state index in [1.165, 1.54) is 36.4 Å². The van der Waals surface area contributed by atoms with Gasteiger partial charge in [-0.05, 0) is 55.5 Å². The maximum absolute atomic E-state index is 13.3. The number of benzene rings is 3. The molecule has 0 aromatic heterocycles. The highest BCUT2D eigenvalue weighted by Crippen LogP contribution is 2.31. The molecule has 0 N–H and O–H groups in total. The second kappa shape index (κ2) is 7.46. The molecule has 0 saturated carbocycles. The molecule has 140 valence electrons. The van der Waals surface area contributed by atoms with E-state index in [0.717, 1.165) is 5.56 Å². The molecule has 0 aliphatic carbocycles. The number of halogens is 1. The second-order valence-electron chi connectivity index (χ2n) is 5.81. The van der Waals surface area contributed by atoms with Crippen molar-refractivity contribution in [3.63, 3.8) is 0 Å². The van der Waals surface area contributed by atoms with Crippen LogP contribution in [-0.2, 0) is 20.0 Å². The highest BCUT2D eigenvalue weighted by atomic mass is 79.9. The molecule has 0 unspecified atom stereocenters. The summed E-state index contributed by atoms with van der Waals surface area (Å²) in [5, 5.41) is 0. The summed E-state index contributed by atoms with van der Waals surface area (Å²) in [5.41, 5.74) is 0.914. The van der Waals surface area contributed by atoms with Crippen molar-refractivity contribution in [1.29, 1.82) is 0 Å². The Morgan fingerprint density at radius 3 is 1.59 bits per heavy atom. The quantitative estimate of drug-likeness (QED) is 0.561. The van der Waals surface area contributed by atoms with Gasteiger partial charge in [-0.3, -0.25) is 0 Å². The van der Waals surface area contributed by atoms with E-state index in [-0.39, 0.29) is 15.5 Å². The summed E-state index contributed by atoms with van der Waals surface area (Å²) in [6.07, 6.45) is 0. The van der Waals surface area contributed by atoms with E-state index in [4.69, 9.17) is 0 Å². The lowest BCUT2D eigenvalue weighted by molar-refractivity contribution is 0.584. The van der Waals surface area contributed by atoms with Crippen molar-refractivity contribution in [1.82, 2.24) is 0 Å². The Balaban J connectivity index is 2.24. The minimum absolute atomic E-state index is 0.0426. The molecule has 5 nitrogen and oxygen atoms in total. The standard InChI is InChI=1S/C19H16BrNO4S2/c1-15-7-11-18(12-8-15)26(22,23)21(17-5-3-2-4-6-17)27(24,25)19-13-9-16(20)10-14-19/h2-14H,1H3. The van der Waals surface area contributed by atoms with Gasteiger partial charge in [0, 0.05) is 4.47 Å². The first-order valence-corrected chi connectivity index (χ1v) is 11.6. The summed E-state index contributed by atoms with van der Waals surface area (Å²) < 4.78 is 54.2. The lowest BCUT2D eigenvalue weighted by atomic mass is 10.2. The van der Waals surface area contributed by atoms with Crippen molar-refractivity contribution in [2.45, 2.75) is 16.7 Å². The van der Waals surface area contributed by atoms with Crippen LogP contribution in [-0.4, -0.2) is 16.8 Å². The normalized spacial score (nSPS) is 11.9. The first-order chi connectivity index (χ1) is 12.7. The summed E-state index contributed by atoms with van der Waals surface area (Å²) in [6, 6.07) is 19.6. The van der Waals surface area contributed by atoms with Crippen molar-refractivity contribution in [2.24, 2.45) is 0 Å². The van der Waals surface area contributed by atoms with Gasteiger partial charge in [0.15, 0.2) is 0 Å². The average molecular weight is 466 g/mol. The molecule has 3 aromatic rings. The summed E-state index contributed by atoms with van der Waals surface area (Å²) in [6.45, 7) is 1.82. The molecule has 0 spiro atoms. The zero-order valence-corrected chi connectivity index (χ0v) is 17.5. The van der Waals surface area contributed by atoms with Crippen LogP contribution in [0.3, 0.4) is 0 Å². The number of rotatable bonds is 5. The maximum atomic E-state index is 13.3. The fourth-order valence-corrected chi connectivity index (χ4v) is 6.42. The fourth-order valence-electron chi connectivity index (χ4n) is 2.46. The van der Waals surface area contributed by atoms with Gasteiger partial charge in [-0.2, -0.15) is 3.71 Å². The maximum Gasteiger partial charge on any atom is 0.277 e. The molecule has 0 saturated heterocycles. The number of para-hydroxylation sites is 1. The molecule has 3 aromatic carbocycles. The number of nitrogens with zero attached hydrogens (tertiary/aromatic N) is 1. The van der Waals surface area contributed by atoms with Crippen molar-refractivity contribution in [2.75, 3.05) is 3.71 Å². The number of aryl methyl sites for hydroxylation is 1. The largest absolute Gasteiger partial charge is 0.277 e. The Hall–Kier alpha value is -2.16. The minimum Gasteiger partial charge on any atom is -0.200 e. The average Bonchev–Trinajstić information content (AvgIpc) is 2.63. The molecule has 0 atom stereocenters. The van der Waals surface area contributed by atoms with E-state index in [1.54, 1.807) is 42.5 Å². The van der Waals surface area contributed by atoms with E-state index in [1.807, 2.05) is 6.92 Å². The Bertz CT molecular complexity index is 1070. The summed E-state index contributed by atoms with van der Waals surface area (Å²) in [4.78, 5) is -0.220.